The Morgan fingerprint density at radius 2 is 1.76 bits per heavy atom. The van der Waals surface area contributed by atoms with Crippen LogP contribution in [0.3, 0.4) is 0 Å². The average Bonchev–Trinajstić information content (AvgIpc) is 2.36. The lowest BCUT2D eigenvalue weighted by molar-refractivity contribution is -0.127. The van der Waals surface area contributed by atoms with Crippen LogP contribution in [0.2, 0.25) is 0 Å². The molecule has 1 atom stereocenters. The van der Waals surface area contributed by atoms with E-state index in [2.05, 4.69) is 9.97 Å². The summed E-state index contributed by atoms with van der Waals surface area (Å²) < 4.78 is 0. The Morgan fingerprint density at radius 1 is 1.19 bits per heavy atom. The molecule has 1 unspecified atom stereocenters. The number of hydrogen-bond acceptors (Lipinski definition) is 5. The summed E-state index contributed by atoms with van der Waals surface area (Å²) in [5.41, 5.74) is 0.496. The molecule has 0 radical (unpaired) electrons. The number of thioether (sulfide) groups is 1. The highest BCUT2D eigenvalue weighted by Gasteiger charge is 2.24. The van der Waals surface area contributed by atoms with Crippen molar-refractivity contribution >= 4 is 23.6 Å². The van der Waals surface area contributed by atoms with Crippen LogP contribution in [-0.2, 0) is 4.79 Å². The molecule has 0 bridgehead atoms. The van der Waals surface area contributed by atoms with E-state index in [0.29, 0.717) is 16.5 Å². The van der Waals surface area contributed by atoms with Crippen LogP contribution in [0.25, 0.3) is 0 Å². The maximum atomic E-state index is 11.9. The highest BCUT2D eigenvalue weighted by Crippen LogP contribution is 2.28. The first-order chi connectivity index (χ1) is 9.65. The Morgan fingerprint density at radius 3 is 2.19 bits per heavy atom. The second kappa shape index (κ2) is 6.89. The van der Waals surface area contributed by atoms with Crippen molar-refractivity contribution in [1.82, 2.24) is 14.9 Å². The Balaban J connectivity index is 3.25. The molecule has 1 aromatic heterocycles. The summed E-state index contributed by atoms with van der Waals surface area (Å²) in [6.45, 7) is 7.28. The number of rotatable bonds is 5. The van der Waals surface area contributed by atoms with Crippen molar-refractivity contribution in [2.75, 3.05) is 14.1 Å². The number of carbonyl (C=O) groups is 2. The molecule has 1 amide bonds. The monoisotopic (exact) mass is 311 g/mol. The predicted octanol–water partition coefficient (Wildman–Crippen LogP) is 2.18. The van der Waals surface area contributed by atoms with E-state index >= 15 is 0 Å². The molecule has 7 heteroatoms. The van der Waals surface area contributed by atoms with Crippen LogP contribution in [0.15, 0.2) is 5.03 Å². The quantitative estimate of drug-likeness (QED) is 0.663. The van der Waals surface area contributed by atoms with Crippen LogP contribution < -0.4 is 0 Å². The van der Waals surface area contributed by atoms with Crippen LogP contribution in [0.5, 0.6) is 0 Å². The summed E-state index contributed by atoms with van der Waals surface area (Å²) in [6.07, 6.45) is 0. The van der Waals surface area contributed by atoms with E-state index in [1.54, 1.807) is 27.9 Å². The molecular formula is C14H21N3O3S. The number of carbonyl (C=O) groups excluding carboxylic acids is 1. The van der Waals surface area contributed by atoms with E-state index in [9.17, 15) is 14.7 Å². The molecule has 1 aromatic rings. The van der Waals surface area contributed by atoms with E-state index in [1.807, 2.05) is 13.8 Å². The second-order valence-electron chi connectivity index (χ2n) is 5.30. The Labute approximate surface area is 129 Å². The first kappa shape index (κ1) is 17.4. The molecule has 6 nitrogen and oxygen atoms in total. The van der Waals surface area contributed by atoms with E-state index in [1.165, 1.54) is 4.90 Å². The van der Waals surface area contributed by atoms with Gasteiger partial charge in [-0.25, -0.2) is 14.8 Å². The smallest absolute Gasteiger partial charge is 0.340 e. The highest BCUT2D eigenvalue weighted by atomic mass is 32.2. The van der Waals surface area contributed by atoms with Crippen LogP contribution in [-0.4, -0.2) is 51.2 Å². The van der Waals surface area contributed by atoms with Gasteiger partial charge in [0.15, 0.2) is 0 Å². The summed E-state index contributed by atoms with van der Waals surface area (Å²) in [7, 11) is 3.34. The van der Waals surface area contributed by atoms with E-state index in [4.69, 9.17) is 0 Å². The van der Waals surface area contributed by atoms with Crippen molar-refractivity contribution in [3.8, 4) is 0 Å². The number of carboxylic acids is 1. The van der Waals surface area contributed by atoms with Crippen molar-refractivity contribution in [3.05, 3.63) is 17.1 Å². The minimum absolute atomic E-state index is 0.0720. The SMILES string of the molecule is Cc1nc(C(C)C)nc(SC(C)C(=O)N(C)C)c1C(=O)O. The minimum Gasteiger partial charge on any atom is -0.478 e. The molecule has 0 saturated carbocycles. The summed E-state index contributed by atoms with van der Waals surface area (Å²) in [6, 6.07) is 0. The van der Waals surface area contributed by atoms with Crippen LogP contribution in [0.4, 0.5) is 0 Å². The first-order valence-corrected chi connectivity index (χ1v) is 7.52. The summed E-state index contributed by atoms with van der Waals surface area (Å²) in [5.74, 6) is -0.483. The summed E-state index contributed by atoms with van der Waals surface area (Å²) in [5, 5.41) is 9.29. The van der Waals surface area contributed by atoms with Crippen molar-refractivity contribution in [3.63, 3.8) is 0 Å². The number of aromatic nitrogens is 2. The van der Waals surface area contributed by atoms with E-state index in [0.717, 1.165) is 11.8 Å². The van der Waals surface area contributed by atoms with Gasteiger partial charge in [-0.1, -0.05) is 25.6 Å². The van der Waals surface area contributed by atoms with Gasteiger partial charge in [-0.3, -0.25) is 4.79 Å². The minimum atomic E-state index is -1.07. The molecule has 1 heterocycles. The average molecular weight is 311 g/mol. The molecule has 21 heavy (non-hydrogen) atoms. The van der Waals surface area contributed by atoms with Gasteiger partial charge in [0.05, 0.1) is 10.9 Å². The summed E-state index contributed by atoms with van der Waals surface area (Å²) in [4.78, 5) is 33.4. The van der Waals surface area contributed by atoms with Gasteiger partial charge in [-0.05, 0) is 13.8 Å². The van der Waals surface area contributed by atoms with Crippen LogP contribution >= 0.6 is 11.8 Å². The third-order valence-corrected chi connectivity index (χ3v) is 3.96. The van der Waals surface area contributed by atoms with Crippen molar-refractivity contribution in [2.45, 2.75) is 43.9 Å². The fourth-order valence-electron chi connectivity index (χ4n) is 1.74. The van der Waals surface area contributed by atoms with E-state index < -0.39 is 11.2 Å². The van der Waals surface area contributed by atoms with Crippen molar-refractivity contribution in [2.24, 2.45) is 0 Å². The van der Waals surface area contributed by atoms with Gasteiger partial charge in [0.1, 0.15) is 16.4 Å². The molecule has 0 aromatic carbocycles. The molecule has 0 aliphatic heterocycles. The maximum Gasteiger partial charge on any atom is 0.340 e. The number of hydrogen-bond donors (Lipinski definition) is 1. The number of aryl methyl sites for hydroxylation is 1. The lowest BCUT2D eigenvalue weighted by Gasteiger charge is -2.18. The first-order valence-electron chi connectivity index (χ1n) is 6.64. The van der Waals surface area contributed by atoms with E-state index in [-0.39, 0.29) is 17.4 Å². The van der Waals surface area contributed by atoms with Crippen molar-refractivity contribution in [1.29, 1.82) is 0 Å². The zero-order valence-corrected chi connectivity index (χ0v) is 14.0. The topological polar surface area (TPSA) is 83.4 Å². The van der Waals surface area contributed by atoms with Gasteiger partial charge < -0.3 is 10.0 Å². The standard InChI is InChI=1S/C14H21N3O3S/c1-7(2)11-15-8(3)10(14(19)20)12(16-11)21-9(4)13(18)17(5)6/h7,9H,1-6H3,(H,19,20). The summed E-state index contributed by atoms with van der Waals surface area (Å²) >= 11 is 1.16. The van der Waals surface area contributed by atoms with Gasteiger partial charge in [-0.15, -0.1) is 0 Å². The lowest BCUT2D eigenvalue weighted by Crippen LogP contribution is -2.30. The fraction of sp³-hybridized carbons (Fsp3) is 0.571. The Bertz CT molecular complexity index is 559. The molecule has 0 fully saturated rings. The molecular weight excluding hydrogens is 290 g/mol. The molecule has 1 N–H and O–H groups in total. The molecule has 1 rings (SSSR count). The predicted molar refractivity (Wildman–Crippen MR) is 81.8 cm³/mol. The van der Waals surface area contributed by atoms with Gasteiger partial charge in [0, 0.05) is 20.0 Å². The lowest BCUT2D eigenvalue weighted by atomic mass is 10.2. The molecule has 0 spiro atoms. The highest BCUT2D eigenvalue weighted by molar-refractivity contribution is 8.00. The number of nitrogens with zero attached hydrogens (tertiary/aromatic N) is 3. The molecule has 0 aliphatic carbocycles. The molecule has 116 valence electrons. The maximum absolute atomic E-state index is 11.9. The zero-order valence-electron chi connectivity index (χ0n) is 13.2. The Hall–Kier alpha value is -1.63. The van der Waals surface area contributed by atoms with Gasteiger partial charge in [0.2, 0.25) is 5.91 Å². The number of aromatic carboxylic acids is 1. The zero-order chi connectivity index (χ0) is 16.3. The van der Waals surface area contributed by atoms with Gasteiger partial charge in [-0.2, -0.15) is 0 Å². The third kappa shape index (κ3) is 4.17. The Kier molecular flexibility index (Phi) is 5.71. The number of carboxylic acid groups (broad SMARTS) is 1. The normalized spacial score (nSPS) is 12.3. The van der Waals surface area contributed by atoms with Gasteiger partial charge in [0.25, 0.3) is 0 Å². The van der Waals surface area contributed by atoms with Crippen molar-refractivity contribution < 1.29 is 14.7 Å². The number of amides is 1. The van der Waals surface area contributed by atoms with Crippen LogP contribution in [0.1, 0.15) is 48.6 Å². The van der Waals surface area contributed by atoms with Crippen LogP contribution in [0, 0.1) is 6.92 Å². The third-order valence-electron chi connectivity index (χ3n) is 2.88. The molecule has 0 aliphatic rings. The molecule has 0 saturated heterocycles. The largest absolute Gasteiger partial charge is 0.478 e. The van der Waals surface area contributed by atoms with Gasteiger partial charge >= 0.3 is 5.97 Å². The second-order valence-corrected chi connectivity index (χ2v) is 6.63. The fourth-order valence-corrected chi connectivity index (χ4v) is 2.88.